The van der Waals surface area contributed by atoms with Gasteiger partial charge in [0, 0.05) is 17.6 Å². The Kier molecular flexibility index (Phi) is 6.15. The number of sulfonamides is 1. The summed E-state index contributed by atoms with van der Waals surface area (Å²) in [5.74, 6) is -0.0642. The first-order valence-corrected chi connectivity index (χ1v) is 9.54. The number of benzene rings is 1. The molecule has 7 heteroatoms. The van der Waals surface area contributed by atoms with Crippen molar-refractivity contribution in [3.63, 3.8) is 0 Å². The molecule has 0 spiro atoms. The van der Waals surface area contributed by atoms with Crippen LogP contribution in [-0.4, -0.2) is 33.5 Å². The second kappa shape index (κ2) is 7.90. The molecule has 1 aliphatic rings. The average molecular weight is 339 g/mol. The maximum absolute atomic E-state index is 12.3. The predicted octanol–water partition coefficient (Wildman–Crippen LogP) is 1.70. The molecule has 1 heterocycles. The zero-order chi connectivity index (χ0) is 16.9. The van der Waals surface area contributed by atoms with Crippen LogP contribution in [0.15, 0.2) is 29.2 Å². The van der Waals surface area contributed by atoms with Crippen molar-refractivity contribution in [2.75, 3.05) is 18.4 Å². The SMILES string of the molecule is CCC(C)NS(=O)(=O)c1cccc(NC(=O)C2CCNCC2)c1. The van der Waals surface area contributed by atoms with Gasteiger partial charge < -0.3 is 10.6 Å². The summed E-state index contributed by atoms with van der Waals surface area (Å²) >= 11 is 0. The number of piperidine rings is 1. The van der Waals surface area contributed by atoms with Gasteiger partial charge in [-0.25, -0.2) is 13.1 Å². The van der Waals surface area contributed by atoms with E-state index in [1.54, 1.807) is 12.1 Å². The Balaban J connectivity index is 2.08. The maximum Gasteiger partial charge on any atom is 0.240 e. The average Bonchev–Trinajstić information content (AvgIpc) is 2.55. The standard InChI is InChI=1S/C16H25N3O3S/c1-3-12(2)19-23(21,22)15-6-4-5-14(11-15)18-16(20)13-7-9-17-10-8-13/h4-6,11-13,17,19H,3,7-10H2,1-2H3,(H,18,20). The summed E-state index contributed by atoms with van der Waals surface area (Å²) in [5.41, 5.74) is 0.514. The minimum atomic E-state index is -3.57. The van der Waals surface area contributed by atoms with Gasteiger partial charge in [-0.1, -0.05) is 13.0 Å². The highest BCUT2D eigenvalue weighted by atomic mass is 32.2. The second-order valence-corrected chi connectivity index (χ2v) is 7.69. The van der Waals surface area contributed by atoms with E-state index in [4.69, 9.17) is 0 Å². The molecule has 6 nitrogen and oxygen atoms in total. The van der Waals surface area contributed by atoms with E-state index in [1.807, 2.05) is 13.8 Å². The number of carbonyl (C=O) groups excluding carboxylic acids is 1. The third-order valence-electron chi connectivity index (χ3n) is 4.09. The van der Waals surface area contributed by atoms with Gasteiger partial charge in [-0.15, -0.1) is 0 Å². The quantitative estimate of drug-likeness (QED) is 0.736. The minimum Gasteiger partial charge on any atom is -0.326 e. The minimum absolute atomic E-state index is 0.0187. The zero-order valence-corrected chi connectivity index (χ0v) is 14.4. The summed E-state index contributed by atoms with van der Waals surface area (Å²) in [6, 6.07) is 6.26. The topological polar surface area (TPSA) is 87.3 Å². The maximum atomic E-state index is 12.3. The zero-order valence-electron chi connectivity index (χ0n) is 13.6. The summed E-state index contributed by atoms with van der Waals surface area (Å²) in [4.78, 5) is 12.4. The van der Waals surface area contributed by atoms with Crippen molar-refractivity contribution in [3.8, 4) is 0 Å². The molecular weight excluding hydrogens is 314 g/mol. The van der Waals surface area contributed by atoms with Crippen molar-refractivity contribution in [2.45, 2.75) is 44.0 Å². The van der Waals surface area contributed by atoms with Gasteiger partial charge in [-0.05, 0) is 57.5 Å². The number of hydrogen-bond acceptors (Lipinski definition) is 4. The largest absolute Gasteiger partial charge is 0.326 e. The van der Waals surface area contributed by atoms with E-state index in [-0.39, 0.29) is 22.8 Å². The molecule has 1 atom stereocenters. The summed E-state index contributed by atoms with van der Waals surface area (Å²) < 4.78 is 27.2. The van der Waals surface area contributed by atoms with E-state index < -0.39 is 10.0 Å². The van der Waals surface area contributed by atoms with Gasteiger partial charge in [-0.2, -0.15) is 0 Å². The Labute approximate surface area is 138 Å². The van der Waals surface area contributed by atoms with E-state index in [2.05, 4.69) is 15.4 Å². The Morgan fingerprint density at radius 3 is 2.70 bits per heavy atom. The second-order valence-electron chi connectivity index (χ2n) is 5.97. The van der Waals surface area contributed by atoms with Crippen molar-refractivity contribution < 1.29 is 13.2 Å². The van der Waals surface area contributed by atoms with Gasteiger partial charge in [0.05, 0.1) is 4.90 Å². The highest BCUT2D eigenvalue weighted by Gasteiger charge is 2.22. The number of nitrogens with one attached hydrogen (secondary N) is 3. The number of carbonyl (C=O) groups is 1. The van der Waals surface area contributed by atoms with Crippen LogP contribution in [0.5, 0.6) is 0 Å². The summed E-state index contributed by atoms with van der Waals surface area (Å²) in [7, 11) is -3.57. The van der Waals surface area contributed by atoms with Crippen LogP contribution in [0.3, 0.4) is 0 Å². The van der Waals surface area contributed by atoms with E-state index in [0.29, 0.717) is 12.1 Å². The van der Waals surface area contributed by atoms with E-state index in [9.17, 15) is 13.2 Å². The van der Waals surface area contributed by atoms with E-state index >= 15 is 0 Å². The van der Waals surface area contributed by atoms with Crippen molar-refractivity contribution in [2.24, 2.45) is 5.92 Å². The molecule has 1 aromatic rings. The molecule has 1 aliphatic heterocycles. The van der Waals surface area contributed by atoms with Crippen LogP contribution in [-0.2, 0) is 14.8 Å². The van der Waals surface area contributed by atoms with Crippen LogP contribution in [0.4, 0.5) is 5.69 Å². The molecule has 1 saturated heterocycles. The van der Waals surface area contributed by atoms with Crippen molar-refractivity contribution in [1.29, 1.82) is 0 Å². The van der Waals surface area contributed by atoms with Crippen LogP contribution < -0.4 is 15.4 Å². The first-order chi connectivity index (χ1) is 10.9. The Morgan fingerprint density at radius 2 is 2.04 bits per heavy atom. The van der Waals surface area contributed by atoms with Gasteiger partial charge in [0.25, 0.3) is 0 Å². The normalized spacial score (nSPS) is 17.7. The molecule has 2 rings (SSSR count). The molecule has 0 aliphatic carbocycles. The molecule has 0 aromatic heterocycles. The molecule has 23 heavy (non-hydrogen) atoms. The lowest BCUT2D eigenvalue weighted by atomic mass is 9.97. The molecule has 0 saturated carbocycles. The van der Waals surface area contributed by atoms with Crippen LogP contribution in [0.1, 0.15) is 33.1 Å². The highest BCUT2D eigenvalue weighted by molar-refractivity contribution is 7.89. The molecule has 3 N–H and O–H groups in total. The first-order valence-electron chi connectivity index (χ1n) is 8.06. The lowest BCUT2D eigenvalue weighted by Gasteiger charge is -2.22. The molecule has 1 fully saturated rings. The van der Waals surface area contributed by atoms with Gasteiger partial charge in [-0.3, -0.25) is 4.79 Å². The van der Waals surface area contributed by atoms with E-state index in [0.717, 1.165) is 25.9 Å². The Morgan fingerprint density at radius 1 is 1.35 bits per heavy atom. The molecule has 1 aromatic carbocycles. The fourth-order valence-electron chi connectivity index (χ4n) is 2.49. The molecule has 1 amide bonds. The number of hydrogen-bond donors (Lipinski definition) is 3. The fraction of sp³-hybridized carbons (Fsp3) is 0.562. The monoisotopic (exact) mass is 339 g/mol. The lowest BCUT2D eigenvalue weighted by molar-refractivity contribution is -0.120. The third-order valence-corrected chi connectivity index (χ3v) is 5.68. The van der Waals surface area contributed by atoms with Crippen LogP contribution in [0, 0.1) is 5.92 Å². The van der Waals surface area contributed by atoms with Gasteiger partial charge in [0.2, 0.25) is 15.9 Å². The van der Waals surface area contributed by atoms with Crippen molar-refractivity contribution in [3.05, 3.63) is 24.3 Å². The van der Waals surface area contributed by atoms with Gasteiger partial charge in [0.15, 0.2) is 0 Å². The van der Waals surface area contributed by atoms with Gasteiger partial charge >= 0.3 is 0 Å². The predicted molar refractivity (Wildman–Crippen MR) is 90.7 cm³/mol. The number of amides is 1. The summed E-state index contributed by atoms with van der Waals surface area (Å²) in [6.07, 6.45) is 2.32. The van der Waals surface area contributed by atoms with Crippen molar-refractivity contribution >= 4 is 21.6 Å². The summed E-state index contributed by atoms with van der Waals surface area (Å²) in [5, 5.41) is 6.05. The number of rotatable bonds is 6. The van der Waals surface area contributed by atoms with Crippen LogP contribution >= 0.6 is 0 Å². The molecule has 0 radical (unpaired) electrons. The Bertz CT molecular complexity index is 640. The third kappa shape index (κ3) is 5.02. The molecule has 128 valence electrons. The first kappa shape index (κ1) is 17.9. The molecule has 1 unspecified atom stereocenters. The van der Waals surface area contributed by atoms with Crippen LogP contribution in [0.2, 0.25) is 0 Å². The molecular formula is C16H25N3O3S. The molecule has 0 bridgehead atoms. The fourth-order valence-corrected chi connectivity index (χ4v) is 3.86. The smallest absolute Gasteiger partial charge is 0.240 e. The van der Waals surface area contributed by atoms with Crippen LogP contribution in [0.25, 0.3) is 0 Å². The van der Waals surface area contributed by atoms with Crippen molar-refractivity contribution in [1.82, 2.24) is 10.0 Å². The van der Waals surface area contributed by atoms with Gasteiger partial charge in [0.1, 0.15) is 0 Å². The lowest BCUT2D eigenvalue weighted by Crippen LogP contribution is -2.34. The Hall–Kier alpha value is -1.44. The highest BCUT2D eigenvalue weighted by Crippen LogP contribution is 2.19. The van der Waals surface area contributed by atoms with E-state index in [1.165, 1.54) is 12.1 Å². The number of anilines is 1. The summed E-state index contributed by atoms with van der Waals surface area (Å²) in [6.45, 7) is 5.42.